The number of nitrogens with zero attached hydrogens (tertiary/aromatic N) is 2. The summed E-state index contributed by atoms with van der Waals surface area (Å²) in [4.78, 5) is 27.4. The lowest BCUT2D eigenvalue weighted by atomic mass is 10.1. The summed E-state index contributed by atoms with van der Waals surface area (Å²) in [5.41, 5.74) is 1.73. The van der Waals surface area contributed by atoms with Crippen LogP contribution in [0.3, 0.4) is 0 Å². The van der Waals surface area contributed by atoms with Crippen molar-refractivity contribution in [2.75, 3.05) is 19.4 Å². The lowest BCUT2D eigenvalue weighted by molar-refractivity contribution is -0.384. The maximum Gasteiger partial charge on any atom is 0.270 e. The van der Waals surface area contributed by atoms with Gasteiger partial charge >= 0.3 is 0 Å². The molecule has 0 aliphatic heterocycles. The fourth-order valence-electron chi connectivity index (χ4n) is 2.84. The molecule has 0 aliphatic carbocycles. The largest absolute Gasteiger partial charge is 0.322 e. The van der Waals surface area contributed by atoms with Crippen molar-refractivity contribution >= 4 is 40.6 Å². The number of carbonyl (C=O) groups excluding carboxylic acids is 1. The number of carbonyl (C=O) groups is 1. The predicted molar refractivity (Wildman–Crippen MR) is 120 cm³/mol. The summed E-state index contributed by atoms with van der Waals surface area (Å²) in [6.45, 7) is 0.651. The molecule has 0 saturated carbocycles. The fourth-order valence-corrected chi connectivity index (χ4v) is 3.89. The highest BCUT2D eigenvalue weighted by atomic mass is 35.5. The number of nitro groups is 1. The van der Waals surface area contributed by atoms with E-state index >= 15 is 0 Å². The minimum absolute atomic E-state index is 0.137. The Hall–Kier alpha value is -2.87. The predicted octanol–water partition coefficient (Wildman–Crippen LogP) is 5.71. The second kappa shape index (κ2) is 9.75. The molecule has 0 heterocycles. The number of anilines is 1. The first-order chi connectivity index (χ1) is 14.3. The molecule has 3 aromatic rings. The standard InChI is InChI=1S/C22H20ClN3O3S/c1-25(2)14-15-5-3-4-6-20(15)24-22(27)19-13-17(26(28)29)9-12-21(19)30-18-10-7-16(23)8-11-18/h3-13H,14H2,1-2H3,(H,24,27). The molecule has 154 valence electrons. The Bertz CT molecular complexity index is 1070. The summed E-state index contributed by atoms with van der Waals surface area (Å²) < 4.78 is 0. The van der Waals surface area contributed by atoms with Crippen molar-refractivity contribution in [1.29, 1.82) is 0 Å². The van der Waals surface area contributed by atoms with E-state index in [2.05, 4.69) is 5.32 Å². The molecule has 0 unspecified atom stereocenters. The van der Waals surface area contributed by atoms with Gasteiger partial charge in [-0.15, -0.1) is 0 Å². The van der Waals surface area contributed by atoms with Gasteiger partial charge in [0.05, 0.1) is 10.5 Å². The Balaban J connectivity index is 1.94. The van der Waals surface area contributed by atoms with Crippen LogP contribution in [0.15, 0.2) is 76.5 Å². The van der Waals surface area contributed by atoms with Crippen molar-refractivity contribution in [3.05, 3.63) is 93.0 Å². The molecule has 0 atom stereocenters. The Kier molecular flexibility index (Phi) is 7.10. The Morgan fingerprint density at radius 1 is 1.10 bits per heavy atom. The first kappa shape index (κ1) is 21.8. The van der Waals surface area contributed by atoms with Crippen LogP contribution in [0.2, 0.25) is 5.02 Å². The summed E-state index contributed by atoms with van der Waals surface area (Å²) in [5, 5.41) is 14.8. The Morgan fingerprint density at radius 2 is 1.80 bits per heavy atom. The van der Waals surface area contributed by atoms with Gasteiger partial charge in [0.25, 0.3) is 11.6 Å². The maximum absolute atomic E-state index is 13.1. The second-order valence-corrected chi connectivity index (χ2v) is 8.39. The highest BCUT2D eigenvalue weighted by Crippen LogP contribution is 2.34. The van der Waals surface area contributed by atoms with Crippen LogP contribution in [0.25, 0.3) is 0 Å². The van der Waals surface area contributed by atoms with Crippen molar-refractivity contribution in [3.63, 3.8) is 0 Å². The molecule has 8 heteroatoms. The maximum atomic E-state index is 13.1. The van der Waals surface area contributed by atoms with Crippen molar-refractivity contribution in [3.8, 4) is 0 Å². The topological polar surface area (TPSA) is 75.5 Å². The van der Waals surface area contributed by atoms with E-state index in [4.69, 9.17) is 11.6 Å². The molecule has 1 N–H and O–H groups in total. The van der Waals surface area contributed by atoms with Crippen LogP contribution in [-0.2, 0) is 6.54 Å². The normalized spacial score (nSPS) is 10.8. The average molecular weight is 442 g/mol. The highest BCUT2D eigenvalue weighted by molar-refractivity contribution is 7.99. The van der Waals surface area contributed by atoms with E-state index in [1.165, 1.54) is 23.9 Å². The van der Waals surface area contributed by atoms with Crippen molar-refractivity contribution < 1.29 is 9.72 Å². The van der Waals surface area contributed by atoms with E-state index in [0.29, 0.717) is 22.2 Å². The third-order valence-electron chi connectivity index (χ3n) is 4.21. The van der Waals surface area contributed by atoms with Gasteiger partial charge in [0.15, 0.2) is 0 Å². The molecule has 6 nitrogen and oxygen atoms in total. The summed E-state index contributed by atoms with van der Waals surface area (Å²) in [5.74, 6) is -0.402. The number of para-hydroxylation sites is 1. The summed E-state index contributed by atoms with van der Waals surface area (Å²) in [6, 6.07) is 19.0. The van der Waals surface area contributed by atoms with Gasteiger partial charge < -0.3 is 10.2 Å². The van der Waals surface area contributed by atoms with E-state index in [-0.39, 0.29) is 11.3 Å². The smallest absolute Gasteiger partial charge is 0.270 e. The number of halogens is 1. The number of rotatable bonds is 7. The van der Waals surface area contributed by atoms with E-state index in [1.54, 1.807) is 18.2 Å². The molecule has 0 aliphatic rings. The molecule has 0 saturated heterocycles. The van der Waals surface area contributed by atoms with Crippen LogP contribution in [0, 0.1) is 10.1 Å². The van der Waals surface area contributed by atoms with Crippen molar-refractivity contribution in [1.82, 2.24) is 4.90 Å². The minimum atomic E-state index is -0.506. The van der Waals surface area contributed by atoms with E-state index in [0.717, 1.165) is 10.5 Å². The molecule has 0 radical (unpaired) electrons. The van der Waals surface area contributed by atoms with E-state index in [9.17, 15) is 14.9 Å². The lowest BCUT2D eigenvalue weighted by Gasteiger charge is -2.16. The van der Waals surface area contributed by atoms with E-state index < -0.39 is 10.8 Å². The Morgan fingerprint density at radius 3 is 2.47 bits per heavy atom. The zero-order valence-electron chi connectivity index (χ0n) is 16.5. The SMILES string of the molecule is CN(C)Cc1ccccc1NC(=O)c1cc([N+](=O)[O-])ccc1Sc1ccc(Cl)cc1. The molecule has 1 amide bonds. The lowest BCUT2D eigenvalue weighted by Crippen LogP contribution is -2.17. The zero-order chi connectivity index (χ0) is 21.7. The minimum Gasteiger partial charge on any atom is -0.322 e. The number of hydrogen-bond acceptors (Lipinski definition) is 5. The van der Waals surface area contributed by atoms with Crippen LogP contribution in [0.5, 0.6) is 0 Å². The van der Waals surface area contributed by atoms with Crippen LogP contribution in [0.4, 0.5) is 11.4 Å². The van der Waals surface area contributed by atoms with Gasteiger partial charge in [-0.05, 0) is 56.1 Å². The molecule has 0 spiro atoms. The molecular formula is C22H20ClN3O3S. The summed E-state index contributed by atoms with van der Waals surface area (Å²) >= 11 is 7.29. The van der Waals surface area contributed by atoms with Gasteiger partial charge in [0.1, 0.15) is 0 Å². The third kappa shape index (κ3) is 5.60. The van der Waals surface area contributed by atoms with Gasteiger partial charge in [-0.3, -0.25) is 14.9 Å². The van der Waals surface area contributed by atoms with Gasteiger partial charge in [-0.1, -0.05) is 41.6 Å². The van der Waals surface area contributed by atoms with Crippen LogP contribution in [0.1, 0.15) is 15.9 Å². The molecule has 30 heavy (non-hydrogen) atoms. The molecule has 0 fully saturated rings. The molecule has 0 bridgehead atoms. The van der Waals surface area contributed by atoms with Crippen LogP contribution < -0.4 is 5.32 Å². The molecule has 3 aromatic carbocycles. The second-order valence-electron chi connectivity index (χ2n) is 6.84. The number of nitrogens with one attached hydrogen (secondary N) is 1. The van der Waals surface area contributed by atoms with Crippen molar-refractivity contribution in [2.24, 2.45) is 0 Å². The molecule has 0 aromatic heterocycles. The van der Waals surface area contributed by atoms with Crippen molar-refractivity contribution in [2.45, 2.75) is 16.3 Å². The quantitative estimate of drug-likeness (QED) is 0.375. The van der Waals surface area contributed by atoms with Gasteiger partial charge in [0, 0.05) is 39.2 Å². The monoisotopic (exact) mass is 441 g/mol. The number of hydrogen-bond donors (Lipinski definition) is 1. The highest BCUT2D eigenvalue weighted by Gasteiger charge is 2.19. The fraction of sp³-hybridized carbons (Fsp3) is 0.136. The first-order valence-corrected chi connectivity index (χ1v) is 10.3. The summed E-state index contributed by atoms with van der Waals surface area (Å²) in [7, 11) is 3.89. The first-order valence-electron chi connectivity index (χ1n) is 9.09. The van der Waals surface area contributed by atoms with Crippen LogP contribution in [-0.4, -0.2) is 29.8 Å². The average Bonchev–Trinajstić information content (AvgIpc) is 2.71. The number of amides is 1. The molecule has 3 rings (SSSR count). The third-order valence-corrected chi connectivity index (χ3v) is 5.55. The zero-order valence-corrected chi connectivity index (χ0v) is 18.0. The summed E-state index contributed by atoms with van der Waals surface area (Å²) in [6.07, 6.45) is 0. The number of nitro benzene ring substituents is 1. The number of non-ortho nitro benzene ring substituents is 1. The van der Waals surface area contributed by atoms with Crippen LogP contribution >= 0.6 is 23.4 Å². The van der Waals surface area contributed by atoms with E-state index in [1.807, 2.05) is 55.4 Å². The van der Waals surface area contributed by atoms with Gasteiger partial charge in [0.2, 0.25) is 0 Å². The van der Waals surface area contributed by atoms with Gasteiger partial charge in [-0.2, -0.15) is 0 Å². The molecular weight excluding hydrogens is 422 g/mol. The Labute approximate surface area is 184 Å². The van der Waals surface area contributed by atoms with Gasteiger partial charge in [-0.25, -0.2) is 0 Å². The number of benzene rings is 3.